The Morgan fingerprint density at radius 2 is 1.85 bits per heavy atom. The van der Waals surface area contributed by atoms with Gasteiger partial charge in [0, 0.05) is 29.2 Å². The van der Waals surface area contributed by atoms with Gasteiger partial charge in [-0.15, -0.1) is 0 Å². The van der Waals surface area contributed by atoms with Gasteiger partial charge in [-0.2, -0.15) is 0 Å². The number of hydrogen-bond donors (Lipinski definition) is 1. The van der Waals surface area contributed by atoms with Crippen molar-refractivity contribution in [3.8, 4) is 0 Å². The van der Waals surface area contributed by atoms with E-state index in [0.29, 0.717) is 22.2 Å². The average Bonchev–Trinajstić information content (AvgIpc) is 2.35. The molecular weight excluding hydrogens is 301 g/mol. The lowest BCUT2D eigenvalue weighted by Crippen LogP contribution is -2.31. The monoisotopic (exact) mass is 315 g/mol. The zero-order valence-corrected chi connectivity index (χ0v) is 12.5. The number of carboxylic acids is 1. The summed E-state index contributed by atoms with van der Waals surface area (Å²) >= 11 is 11.7. The van der Waals surface area contributed by atoms with Crippen LogP contribution in [0.15, 0.2) is 24.3 Å². The summed E-state index contributed by atoms with van der Waals surface area (Å²) in [6.07, 6.45) is 2.91. The van der Waals surface area contributed by atoms with Gasteiger partial charge in [-0.3, -0.25) is 9.59 Å². The number of hydrogen-bond acceptors (Lipinski definition) is 2. The molecule has 0 aliphatic rings. The normalized spacial score (nSPS) is 10.8. The fourth-order valence-electron chi connectivity index (χ4n) is 1.60. The van der Waals surface area contributed by atoms with Crippen molar-refractivity contribution in [2.24, 2.45) is 0 Å². The van der Waals surface area contributed by atoms with Gasteiger partial charge in [-0.05, 0) is 36.8 Å². The van der Waals surface area contributed by atoms with Gasteiger partial charge >= 0.3 is 5.97 Å². The van der Waals surface area contributed by atoms with E-state index in [1.165, 1.54) is 11.0 Å². The minimum absolute atomic E-state index is 0.0730. The molecule has 0 saturated carbocycles. The molecule has 0 radical (unpaired) electrons. The molecule has 4 nitrogen and oxygen atoms in total. The Kier molecular flexibility index (Phi) is 6.55. The molecule has 1 rings (SSSR count). The summed E-state index contributed by atoms with van der Waals surface area (Å²) in [6.45, 7) is 2.43. The SMILES string of the molecule is CCN(CCC(=O)O)C(=O)/C=C/c1cc(Cl)cc(Cl)c1. The standard InChI is InChI=1S/C14H15Cl2NO3/c1-2-17(6-5-14(19)20)13(18)4-3-10-7-11(15)9-12(16)8-10/h3-4,7-9H,2,5-6H2,1H3,(H,19,20)/b4-3+. The highest BCUT2D eigenvalue weighted by atomic mass is 35.5. The Hall–Kier alpha value is -1.52. The van der Waals surface area contributed by atoms with E-state index in [0.717, 1.165) is 0 Å². The van der Waals surface area contributed by atoms with Crippen molar-refractivity contribution in [2.45, 2.75) is 13.3 Å². The van der Waals surface area contributed by atoms with Crippen LogP contribution in [0.3, 0.4) is 0 Å². The van der Waals surface area contributed by atoms with Gasteiger partial charge in [0.25, 0.3) is 0 Å². The van der Waals surface area contributed by atoms with Crippen LogP contribution in [0.1, 0.15) is 18.9 Å². The highest BCUT2D eigenvalue weighted by molar-refractivity contribution is 6.34. The zero-order chi connectivity index (χ0) is 15.1. The highest BCUT2D eigenvalue weighted by Crippen LogP contribution is 2.19. The van der Waals surface area contributed by atoms with Crippen LogP contribution in [0, 0.1) is 0 Å². The van der Waals surface area contributed by atoms with Crippen molar-refractivity contribution in [1.82, 2.24) is 4.90 Å². The van der Waals surface area contributed by atoms with Crippen LogP contribution in [0.2, 0.25) is 10.0 Å². The van der Waals surface area contributed by atoms with E-state index in [1.54, 1.807) is 31.2 Å². The summed E-state index contributed by atoms with van der Waals surface area (Å²) < 4.78 is 0. The molecular formula is C14H15Cl2NO3. The van der Waals surface area contributed by atoms with E-state index in [1.807, 2.05) is 0 Å². The highest BCUT2D eigenvalue weighted by Gasteiger charge is 2.09. The molecule has 1 aromatic rings. The molecule has 0 aliphatic carbocycles. The van der Waals surface area contributed by atoms with E-state index in [-0.39, 0.29) is 18.9 Å². The predicted octanol–water partition coefficient (Wildman–Crippen LogP) is 3.33. The number of carboxylic acid groups (broad SMARTS) is 1. The topological polar surface area (TPSA) is 57.6 Å². The summed E-state index contributed by atoms with van der Waals surface area (Å²) in [4.78, 5) is 23.9. The number of benzene rings is 1. The van der Waals surface area contributed by atoms with E-state index in [2.05, 4.69) is 0 Å². The van der Waals surface area contributed by atoms with E-state index >= 15 is 0 Å². The maximum Gasteiger partial charge on any atom is 0.305 e. The van der Waals surface area contributed by atoms with Crippen LogP contribution in [0.5, 0.6) is 0 Å². The Labute approximate surface area is 127 Å². The van der Waals surface area contributed by atoms with Gasteiger partial charge < -0.3 is 10.0 Å². The number of amides is 1. The second-order valence-corrected chi connectivity index (χ2v) is 4.97. The molecule has 0 saturated heterocycles. The summed E-state index contributed by atoms with van der Waals surface area (Å²) in [5, 5.41) is 9.60. The maximum absolute atomic E-state index is 11.9. The lowest BCUT2D eigenvalue weighted by molar-refractivity contribution is -0.137. The Morgan fingerprint density at radius 1 is 1.25 bits per heavy atom. The molecule has 1 N–H and O–H groups in total. The summed E-state index contributed by atoms with van der Waals surface area (Å²) in [5.41, 5.74) is 0.713. The van der Waals surface area contributed by atoms with Gasteiger partial charge in [0.1, 0.15) is 0 Å². The van der Waals surface area contributed by atoms with Crippen molar-refractivity contribution in [3.63, 3.8) is 0 Å². The zero-order valence-electron chi connectivity index (χ0n) is 11.0. The molecule has 0 aromatic heterocycles. The number of likely N-dealkylation sites (N-methyl/N-ethyl adjacent to an activating group) is 1. The Bertz CT molecular complexity index is 509. The number of nitrogens with zero attached hydrogens (tertiary/aromatic N) is 1. The molecule has 6 heteroatoms. The smallest absolute Gasteiger partial charge is 0.305 e. The van der Waals surface area contributed by atoms with Gasteiger partial charge in [-0.1, -0.05) is 23.2 Å². The molecule has 0 aliphatic heterocycles. The third kappa shape index (κ3) is 5.63. The Morgan fingerprint density at radius 3 is 2.35 bits per heavy atom. The van der Waals surface area contributed by atoms with Crippen molar-refractivity contribution >= 4 is 41.2 Å². The third-order valence-electron chi connectivity index (χ3n) is 2.59. The first-order valence-electron chi connectivity index (χ1n) is 6.07. The molecule has 1 aromatic carbocycles. The largest absolute Gasteiger partial charge is 0.481 e. The Balaban J connectivity index is 2.71. The predicted molar refractivity (Wildman–Crippen MR) is 80.0 cm³/mol. The van der Waals surface area contributed by atoms with Crippen molar-refractivity contribution in [2.75, 3.05) is 13.1 Å². The summed E-state index contributed by atoms with van der Waals surface area (Å²) in [6, 6.07) is 4.98. The van der Waals surface area contributed by atoms with Gasteiger partial charge in [0.05, 0.1) is 6.42 Å². The quantitative estimate of drug-likeness (QED) is 0.819. The lowest BCUT2D eigenvalue weighted by atomic mass is 10.2. The first kappa shape index (κ1) is 16.5. The average molecular weight is 316 g/mol. The minimum atomic E-state index is -0.929. The second-order valence-electron chi connectivity index (χ2n) is 4.10. The molecule has 0 bridgehead atoms. The lowest BCUT2D eigenvalue weighted by Gasteiger charge is -2.17. The molecule has 108 valence electrons. The number of halogens is 2. The van der Waals surface area contributed by atoms with Crippen LogP contribution in [0.25, 0.3) is 6.08 Å². The van der Waals surface area contributed by atoms with Crippen LogP contribution in [-0.2, 0) is 9.59 Å². The van der Waals surface area contributed by atoms with Crippen LogP contribution in [0.4, 0.5) is 0 Å². The second kappa shape index (κ2) is 7.92. The molecule has 0 atom stereocenters. The first-order valence-corrected chi connectivity index (χ1v) is 6.83. The molecule has 20 heavy (non-hydrogen) atoms. The first-order chi connectivity index (χ1) is 9.42. The third-order valence-corrected chi connectivity index (χ3v) is 3.03. The number of carbonyl (C=O) groups excluding carboxylic acids is 1. The molecule has 1 amide bonds. The van der Waals surface area contributed by atoms with Crippen LogP contribution < -0.4 is 0 Å². The molecule has 0 spiro atoms. The van der Waals surface area contributed by atoms with Gasteiger partial charge in [-0.25, -0.2) is 0 Å². The fraction of sp³-hybridized carbons (Fsp3) is 0.286. The molecule has 0 fully saturated rings. The van der Waals surface area contributed by atoms with Crippen LogP contribution >= 0.6 is 23.2 Å². The van der Waals surface area contributed by atoms with E-state index in [9.17, 15) is 9.59 Å². The van der Waals surface area contributed by atoms with Gasteiger partial charge in [0.15, 0.2) is 0 Å². The van der Waals surface area contributed by atoms with Crippen molar-refractivity contribution in [1.29, 1.82) is 0 Å². The fourth-order valence-corrected chi connectivity index (χ4v) is 2.14. The number of carbonyl (C=O) groups is 2. The van der Waals surface area contributed by atoms with E-state index in [4.69, 9.17) is 28.3 Å². The van der Waals surface area contributed by atoms with Crippen LogP contribution in [-0.4, -0.2) is 35.0 Å². The maximum atomic E-state index is 11.9. The van der Waals surface area contributed by atoms with Crippen molar-refractivity contribution in [3.05, 3.63) is 39.9 Å². The number of aliphatic carboxylic acids is 1. The van der Waals surface area contributed by atoms with Crippen molar-refractivity contribution < 1.29 is 14.7 Å². The summed E-state index contributed by atoms with van der Waals surface area (Å²) in [7, 11) is 0. The van der Waals surface area contributed by atoms with Gasteiger partial charge in [0.2, 0.25) is 5.91 Å². The minimum Gasteiger partial charge on any atom is -0.481 e. The summed E-state index contributed by atoms with van der Waals surface area (Å²) in [5.74, 6) is -1.17. The van der Waals surface area contributed by atoms with E-state index < -0.39 is 5.97 Å². The molecule has 0 unspecified atom stereocenters. The molecule has 0 heterocycles. The number of rotatable bonds is 6.